The van der Waals surface area contributed by atoms with Crippen molar-refractivity contribution >= 4 is 28.2 Å². The third-order valence-corrected chi connectivity index (χ3v) is 7.59. The molecule has 1 aromatic carbocycles. The minimum atomic E-state index is -0.414. The lowest BCUT2D eigenvalue weighted by Gasteiger charge is -2.33. The highest BCUT2D eigenvalue weighted by Crippen LogP contribution is 2.31. The predicted molar refractivity (Wildman–Crippen MR) is 141 cm³/mol. The molecule has 188 valence electrons. The number of nitrogens with zero attached hydrogens (tertiary/aromatic N) is 7. The number of H-pyrrole nitrogens is 1. The van der Waals surface area contributed by atoms with Crippen LogP contribution in [0.15, 0.2) is 48.9 Å². The summed E-state index contributed by atoms with van der Waals surface area (Å²) >= 11 is 0. The molecule has 5 aromatic rings. The van der Waals surface area contributed by atoms with Crippen LogP contribution in [0.3, 0.4) is 0 Å². The highest BCUT2D eigenvalue weighted by atomic mass is 19.1. The van der Waals surface area contributed by atoms with E-state index in [1.165, 1.54) is 34.4 Å². The summed E-state index contributed by atoms with van der Waals surface area (Å²) in [4.78, 5) is 21.9. The van der Waals surface area contributed by atoms with Crippen LogP contribution in [-0.2, 0) is 12.8 Å². The quantitative estimate of drug-likeness (QED) is 0.393. The second-order valence-corrected chi connectivity index (χ2v) is 10.0. The molecule has 1 fully saturated rings. The molecule has 1 aliphatic carbocycles. The molecule has 0 unspecified atom stereocenters. The fourth-order valence-corrected chi connectivity index (χ4v) is 5.57. The van der Waals surface area contributed by atoms with Crippen LogP contribution in [-0.4, -0.2) is 73.7 Å². The van der Waals surface area contributed by atoms with E-state index in [9.17, 15) is 4.39 Å². The highest BCUT2D eigenvalue weighted by molar-refractivity contribution is 5.85. The van der Waals surface area contributed by atoms with Gasteiger partial charge in [-0.05, 0) is 44.0 Å². The van der Waals surface area contributed by atoms with Gasteiger partial charge in [0.2, 0.25) is 5.95 Å². The average Bonchev–Trinajstić information content (AvgIpc) is 3.51. The first kappa shape index (κ1) is 22.2. The number of aromatic nitrogens is 6. The van der Waals surface area contributed by atoms with Crippen molar-refractivity contribution in [3.63, 3.8) is 0 Å². The minimum Gasteiger partial charge on any atom is -0.365 e. The molecule has 7 rings (SSSR count). The number of rotatable bonds is 4. The largest absolute Gasteiger partial charge is 0.365 e. The van der Waals surface area contributed by atoms with E-state index in [1.54, 1.807) is 10.7 Å². The Hall–Kier alpha value is -4.05. The van der Waals surface area contributed by atoms with E-state index in [2.05, 4.69) is 56.4 Å². The minimum absolute atomic E-state index is 0.180. The summed E-state index contributed by atoms with van der Waals surface area (Å²) in [5.41, 5.74) is 6.07. The van der Waals surface area contributed by atoms with Gasteiger partial charge >= 0.3 is 0 Å². The van der Waals surface area contributed by atoms with Crippen LogP contribution in [0.2, 0.25) is 0 Å². The maximum Gasteiger partial charge on any atom is 0.228 e. The van der Waals surface area contributed by atoms with Crippen molar-refractivity contribution in [2.75, 3.05) is 43.4 Å². The number of piperazine rings is 1. The number of hydrogen-bond donors (Lipinski definition) is 2. The Kier molecular flexibility index (Phi) is 5.28. The van der Waals surface area contributed by atoms with Gasteiger partial charge in [-0.2, -0.15) is 14.6 Å². The smallest absolute Gasteiger partial charge is 0.228 e. The topological polar surface area (TPSA) is 90.3 Å². The molecule has 0 bridgehead atoms. The van der Waals surface area contributed by atoms with E-state index >= 15 is 0 Å². The fourth-order valence-electron chi connectivity index (χ4n) is 5.57. The Morgan fingerprint density at radius 2 is 1.92 bits per heavy atom. The molecule has 2 aliphatic rings. The van der Waals surface area contributed by atoms with Gasteiger partial charge in [0.05, 0.1) is 12.4 Å². The average molecular weight is 498 g/mol. The third kappa shape index (κ3) is 3.97. The Labute approximate surface area is 213 Å². The summed E-state index contributed by atoms with van der Waals surface area (Å²) in [6.07, 6.45) is 7.47. The van der Waals surface area contributed by atoms with Gasteiger partial charge in [0, 0.05) is 60.6 Å². The molecule has 2 N–H and O–H groups in total. The van der Waals surface area contributed by atoms with Gasteiger partial charge in [0.1, 0.15) is 11.5 Å². The van der Waals surface area contributed by atoms with E-state index in [4.69, 9.17) is 15.1 Å². The summed E-state index contributed by atoms with van der Waals surface area (Å²) in [5, 5.41) is 9.63. The maximum absolute atomic E-state index is 14.1. The van der Waals surface area contributed by atoms with Gasteiger partial charge in [-0.3, -0.25) is 4.98 Å². The molecule has 1 atom stereocenters. The zero-order valence-electron chi connectivity index (χ0n) is 20.7. The Balaban J connectivity index is 1.28. The van der Waals surface area contributed by atoms with Gasteiger partial charge in [-0.1, -0.05) is 18.2 Å². The molecule has 0 amide bonds. The second kappa shape index (κ2) is 8.81. The number of nitrogens with one attached hydrogen (secondary N) is 2. The number of pyridine rings is 1. The Morgan fingerprint density at radius 1 is 1.05 bits per heavy atom. The summed E-state index contributed by atoms with van der Waals surface area (Å²) in [5.74, 6) is 0.627. The van der Waals surface area contributed by atoms with Crippen LogP contribution in [0.5, 0.6) is 0 Å². The standard InChI is InChI=1S/C27H28FN9/c1-35-8-10-36(11-9-35)24-16-30-37-26(24)33-25(17-12-18(28)15-29-14-17)34-27(37)31-19-6-7-23-21(13-19)20-4-2-3-5-22(20)32-23/h2-5,12,14-16,19,32H,6-11,13H2,1H3,(H,31,33,34)/t19-/m1/s1. The van der Waals surface area contributed by atoms with Crippen molar-refractivity contribution in [2.24, 2.45) is 0 Å². The highest BCUT2D eigenvalue weighted by Gasteiger charge is 2.26. The van der Waals surface area contributed by atoms with Crippen molar-refractivity contribution in [1.29, 1.82) is 0 Å². The number of benzene rings is 1. The van der Waals surface area contributed by atoms with Crippen LogP contribution >= 0.6 is 0 Å². The Bertz CT molecular complexity index is 1600. The Morgan fingerprint density at radius 3 is 2.78 bits per heavy atom. The summed E-state index contributed by atoms with van der Waals surface area (Å²) < 4.78 is 15.8. The van der Waals surface area contributed by atoms with Crippen molar-refractivity contribution < 1.29 is 4.39 Å². The third-order valence-electron chi connectivity index (χ3n) is 7.59. The number of likely N-dealkylation sites (N-methyl/N-ethyl adjacent to an activating group) is 1. The molecule has 10 heteroatoms. The van der Waals surface area contributed by atoms with Crippen molar-refractivity contribution in [1.82, 2.24) is 34.4 Å². The number of halogens is 1. The first-order valence-corrected chi connectivity index (χ1v) is 12.8. The molecule has 0 spiro atoms. The zero-order chi connectivity index (χ0) is 24.9. The predicted octanol–water partition coefficient (Wildman–Crippen LogP) is 3.53. The van der Waals surface area contributed by atoms with Gasteiger partial charge in [0.25, 0.3) is 0 Å². The summed E-state index contributed by atoms with van der Waals surface area (Å²) in [6.45, 7) is 3.74. The lowest BCUT2D eigenvalue weighted by atomic mass is 9.91. The summed E-state index contributed by atoms with van der Waals surface area (Å²) in [7, 11) is 2.13. The lowest BCUT2D eigenvalue weighted by Crippen LogP contribution is -2.44. The number of anilines is 2. The molecule has 9 nitrogen and oxygen atoms in total. The number of aryl methyl sites for hydroxylation is 1. The lowest BCUT2D eigenvalue weighted by molar-refractivity contribution is 0.313. The van der Waals surface area contributed by atoms with Crippen molar-refractivity contribution in [3.8, 4) is 11.4 Å². The number of hydrogen-bond acceptors (Lipinski definition) is 7. The molecule has 37 heavy (non-hydrogen) atoms. The number of fused-ring (bicyclic) bond motifs is 4. The van der Waals surface area contributed by atoms with Crippen LogP contribution < -0.4 is 10.2 Å². The van der Waals surface area contributed by atoms with Crippen LogP contribution in [0.1, 0.15) is 17.7 Å². The van der Waals surface area contributed by atoms with E-state index in [1.807, 2.05) is 6.20 Å². The van der Waals surface area contributed by atoms with Gasteiger partial charge < -0.3 is 20.1 Å². The molecular weight excluding hydrogens is 469 g/mol. The molecule has 5 heterocycles. The van der Waals surface area contributed by atoms with Gasteiger partial charge in [-0.15, -0.1) is 0 Å². The fraction of sp³-hybridized carbons (Fsp3) is 0.333. The van der Waals surface area contributed by atoms with E-state index in [0.717, 1.165) is 51.1 Å². The maximum atomic E-state index is 14.1. The first-order valence-electron chi connectivity index (χ1n) is 12.8. The molecular formula is C27H28FN9. The van der Waals surface area contributed by atoms with Gasteiger partial charge in [0.15, 0.2) is 11.5 Å². The molecule has 4 aromatic heterocycles. The molecule has 0 radical (unpaired) electrons. The number of para-hydroxylation sites is 1. The normalized spacial score (nSPS) is 18.4. The van der Waals surface area contributed by atoms with Crippen molar-refractivity contribution in [2.45, 2.75) is 25.3 Å². The first-order chi connectivity index (χ1) is 18.1. The van der Waals surface area contributed by atoms with Crippen molar-refractivity contribution in [3.05, 3.63) is 66.0 Å². The zero-order valence-corrected chi connectivity index (χ0v) is 20.7. The van der Waals surface area contributed by atoms with E-state index < -0.39 is 5.82 Å². The molecule has 0 saturated carbocycles. The van der Waals surface area contributed by atoms with Gasteiger partial charge in [-0.25, -0.2) is 9.37 Å². The van der Waals surface area contributed by atoms with Crippen LogP contribution in [0, 0.1) is 5.82 Å². The molecule has 1 saturated heterocycles. The van der Waals surface area contributed by atoms with E-state index in [0.29, 0.717) is 23.0 Å². The van der Waals surface area contributed by atoms with E-state index in [-0.39, 0.29) is 6.04 Å². The monoisotopic (exact) mass is 497 g/mol. The SMILES string of the molecule is CN1CCN(c2cnn3c(N[C@@H]4CCc5[nH]c6ccccc6c5C4)nc(-c4cncc(F)c4)nc23)CC1. The van der Waals surface area contributed by atoms with Crippen LogP contribution in [0.4, 0.5) is 16.0 Å². The van der Waals surface area contributed by atoms with Crippen LogP contribution in [0.25, 0.3) is 27.9 Å². The summed E-state index contributed by atoms with van der Waals surface area (Å²) in [6, 6.07) is 10.1. The number of aromatic amines is 1. The molecule has 1 aliphatic heterocycles. The second-order valence-electron chi connectivity index (χ2n) is 10.0.